The Kier molecular flexibility index (Phi) is 3.69. The van der Waals surface area contributed by atoms with E-state index in [1.54, 1.807) is 11.3 Å². The van der Waals surface area contributed by atoms with Crippen LogP contribution in [0.4, 0.5) is 0 Å². The monoisotopic (exact) mass is 184 g/mol. The molecule has 0 radical (unpaired) electrons. The lowest BCUT2D eigenvalue weighted by Crippen LogP contribution is -2.19. The topological polar surface area (TPSA) is 24.9 Å². The lowest BCUT2D eigenvalue weighted by molar-refractivity contribution is 0.534. The van der Waals surface area contributed by atoms with Gasteiger partial charge in [-0.05, 0) is 19.9 Å². The van der Waals surface area contributed by atoms with Gasteiger partial charge in [0.15, 0.2) is 0 Å². The van der Waals surface area contributed by atoms with Crippen molar-refractivity contribution in [1.29, 1.82) is 0 Å². The first kappa shape index (κ1) is 9.68. The second kappa shape index (κ2) is 4.58. The van der Waals surface area contributed by atoms with Crippen LogP contribution in [0, 0.1) is 6.92 Å². The molecule has 1 rings (SSSR count). The van der Waals surface area contributed by atoms with E-state index in [0.717, 1.165) is 18.7 Å². The average Bonchev–Trinajstić information content (AvgIpc) is 2.47. The van der Waals surface area contributed by atoms with Gasteiger partial charge in [-0.15, -0.1) is 11.3 Å². The van der Waals surface area contributed by atoms with Crippen molar-refractivity contribution in [3.8, 4) is 0 Å². The second-order valence-corrected chi connectivity index (χ2v) is 3.74. The van der Waals surface area contributed by atoms with Gasteiger partial charge in [0, 0.05) is 11.1 Å². The molecule has 68 valence electrons. The van der Waals surface area contributed by atoms with Crippen LogP contribution < -0.4 is 5.32 Å². The molecule has 0 aromatic carbocycles. The fourth-order valence-electron chi connectivity index (χ4n) is 1.18. The normalized spacial score (nSPS) is 13.2. The first-order chi connectivity index (χ1) is 5.77. The summed E-state index contributed by atoms with van der Waals surface area (Å²) in [4.78, 5) is 4.46. The van der Waals surface area contributed by atoms with E-state index >= 15 is 0 Å². The molecule has 1 aromatic heterocycles. The number of rotatable bonds is 4. The van der Waals surface area contributed by atoms with Crippen LogP contribution in [0.5, 0.6) is 0 Å². The number of nitrogens with zero attached hydrogens (tertiary/aromatic N) is 1. The highest BCUT2D eigenvalue weighted by atomic mass is 32.1. The highest BCUT2D eigenvalue weighted by Crippen LogP contribution is 2.20. The highest BCUT2D eigenvalue weighted by molar-refractivity contribution is 7.09. The molecule has 0 fully saturated rings. The minimum atomic E-state index is 0.452. The molecule has 12 heavy (non-hydrogen) atoms. The molecule has 1 unspecified atom stereocenters. The molecular formula is C9H16N2S. The molecule has 0 aliphatic rings. The Morgan fingerprint density at radius 1 is 1.58 bits per heavy atom. The lowest BCUT2D eigenvalue weighted by Gasteiger charge is -2.11. The Hall–Kier alpha value is -0.410. The summed E-state index contributed by atoms with van der Waals surface area (Å²) in [5.74, 6) is 0. The van der Waals surface area contributed by atoms with Crippen LogP contribution in [-0.4, -0.2) is 11.5 Å². The van der Waals surface area contributed by atoms with Crippen molar-refractivity contribution in [2.75, 3.05) is 6.54 Å². The minimum absolute atomic E-state index is 0.452. The number of aromatic nitrogens is 1. The van der Waals surface area contributed by atoms with Crippen LogP contribution in [0.2, 0.25) is 0 Å². The van der Waals surface area contributed by atoms with Crippen LogP contribution >= 0.6 is 11.3 Å². The quantitative estimate of drug-likeness (QED) is 0.777. The molecule has 1 atom stereocenters. The van der Waals surface area contributed by atoms with Gasteiger partial charge in [0.2, 0.25) is 0 Å². The third-order valence-corrected chi connectivity index (χ3v) is 2.87. The van der Waals surface area contributed by atoms with Gasteiger partial charge in [-0.25, -0.2) is 4.98 Å². The maximum absolute atomic E-state index is 4.46. The maximum atomic E-state index is 4.46. The smallest absolute Gasteiger partial charge is 0.110 e. The maximum Gasteiger partial charge on any atom is 0.110 e. The summed E-state index contributed by atoms with van der Waals surface area (Å²) >= 11 is 1.75. The van der Waals surface area contributed by atoms with E-state index in [2.05, 4.69) is 29.5 Å². The van der Waals surface area contributed by atoms with Crippen molar-refractivity contribution in [1.82, 2.24) is 10.3 Å². The molecule has 0 bridgehead atoms. The number of nitrogens with one attached hydrogen (secondary N) is 1. The predicted molar refractivity (Wildman–Crippen MR) is 53.6 cm³/mol. The Balaban J connectivity index is 2.66. The van der Waals surface area contributed by atoms with Crippen LogP contribution in [-0.2, 0) is 0 Å². The van der Waals surface area contributed by atoms with E-state index in [1.165, 1.54) is 5.01 Å². The first-order valence-corrected chi connectivity index (χ1v) is 5.31. The van der Waals surface area contributed by atoms with E-state index in [4.69, 9.17) is 0 Å². The molecule has 2 nitrogen and oxygen atoms in total. The summed E-state index contributed by atoms with van der Waals surface area (Å²) in [7, 11) is 0. The van der Waals surface area contributed by atoms with E-state index in [0.29, 0.717) is 6.04 Å². The number of aryl methyl sites for hydroxylation is 1. The van der Waals surface area contributed by atoms with Gasteiger partial charge < -0.3 is 5.32 Å². The summed E-state index contributed by atoms with van der Waals surface area (Å²) in [6.07, 6.45) is 1.11. The summed E-state index contributed by atoms with van der Waals surface area (Å²) in [6.45, 7) is 7.36. The van der Waals surface area contributed by atoms with Crippen molar-refractivity contribution in [2.24, 2.45) is 0 Å². The van der Waals surface area contributed by atoms with Crippen molar-refractivity contribution in [3.63, 3.8) is 0 Å². The molecule has 1 N–H and O–H groups in total. The van der Waals surface area contributed by atoms with Crippen molar-refractivity contribution in [2.45, 2.75) is 33.2 Å². The molecule has 0 saturated carbocycles. The third kappa shape index (κ3) is 2.29. The molecule has 0 spiro atoms. The van der Waals surface area contributed by atoms with Crippen molar-refractivity contribution in [3.05, 3.63) is 16.1 Å². The molecule has 1 aromatic rings. The largest absolute Gasteiger partial charge is 0.308 e. The molecule has 0 aliphatic carbocycles. The van der Waals surface area contributed by atoms with Crippen LogP contribution in [0.25, 0.3) is 0 Å². The zero-order valence-electron chi connectivity index (χ0n) is 7.92. The van der Waals surface area contributed by atoms with Crippen molar-refractivity contribution < 1.29 is 0 Å². The van der Waals surface area contributed by atoms with Gasteiger partial charge in [-0.2, -0.15) is 0 Å². The first-order valence-electron chi connectivity index (χ1n) is 4.43. The Morgan fingerprint density at radius 3 is 2.75 bits per heavy atom. The molecule has 0 amide bonds. The molecule has 3 heteroatoms. The van der Waals surface area contributed by atoms with Crippen LogP contribution in [0.3, 0.4) is 0 Å². The Morgan fingerprint density at radius 2 is 2.33 bits per heavy atom. The number of hydrogen-bond acceptors (Lipinski definition) is 3. The molecule has 1 heterocycles. The fraction of sp³-hybridized carbons (Fsp3) is 0.667. The van der Waals surface area contributed by atoms with Gasteiger partial charge in [0.25, 0.3) is 0 Å². The summed E-state index contributed by atoms with van der Waals surface area (Å²) < 4.78 is 0. The second-order valence-electron chi connectivity index (χ2n) is 2.85. The zero-order valence-corrected chi connectivity index (χ0v) is 8.74. The van der Waals surface area contributed by atoms with Crippen molar-refractivity contribution >= 4 is 11.3 Å². The molecule has 0 aliphatic heterocycles. The number of hydrogen-bond donors (Lipinski definition) is 1. The average molecular weight is 184 g/mol. The zero-order chi connectivity index (χ0) is 8.97. The van der Waals surface area contributed by atoms with E-state index in [-0.39, 0.29) is 0 Å². The van der Waals surface area contributed by atoms with E-state index < -0.39 is 0 Å². The van der Waals surface area contributed by atoms with Gasteiger partial charge in [-0.1, -0.05) is 13.8 Å². The highest BCUT2D eigenvalue weighted by Gasteiger charge is 2.10. The Bertz CT molecular complexity index is 232. The summed E-state index contributed by atoms with van der Waals surface area (Å²) in [5.41, 5.74) is 1.13. The SMILES string of the molecule is CCNC(CC)c1nc(C)cs1. The Labute approximate surface area is 78.0 Å². The number of thiazole rings is 1. The van der Waals surface area contributed by atoms with E-state index in [1.807, 2.05) is 6.92 Å². The van der Waals surface area contributed by atoms with Crippen LogP contribution in [0.1, 0.15) is 37.0 Å². The van der Waals surface area contributed by atoms with E-state index in [9.17, 15) is 0 Å². The minimum Gasteiger partial charge on any atom is -0.308 e. The standard InChI is InChI=1S/C9H16N2S/c1-4-8(10-5-2)9-11-7(3)6-12-9/h6,8,10H,4-5H2,1-3H3. The summed E-state index contributed by atoms with van der Waals surface area (Å²) in [5, 5.41) is 6.74. The molecule has 0 saturated heterocycles. The van der Waals surface area contributed by atoms with Gasteiger partial charge in [0.1, 0.15) is 5.01 Å². The van der Waals surface area contributed by atoms with Gasteiger partial charge in [-0.3, -0.25) is 0 Å². The summed E-state index contributed by atoms with van der Waals surface area (Å²) in [6, 6.07) is 0.452. The van der Waals surface area contributed by atoms with Gasteiger partial charge in [0.05, 0.1) is 6.04 Å². The fourth-order valence-corrected chi connectivity index (χ4v) is 2.14. The van der Waals surface area contributed by atoms with Crippen LogP contribution in [0.15, 0.2) is 5.38 Å². The van der Waals surface area contributed by atoms with Gasteiger partial charge >= 0.3 is 0 Å². The lowest BCUT2D eigenvalue weighted by atomic mass is 10.2. The third-order valence-electron chi connectivity index (χ3n) is 1.79. The predicted octanol–water partition coefficient (Wildman–Crippen LogP) is 2.51. The molecular weight excluding hydrogens is 168 g/mol.